The minimum Gasteiger partial charge on any atom is -0.454 e. The van der Waals surface area contributed by atoms with Crippen molar-refractivity contribution in [3.05, 3.63) is 23.8 Å². The molecule has 6 heteroatoms. The van der Waals surface area contributed by atoms with E-state index in [1.54, 1.807) is 0 Å². The fraction of sp³-hybridized carbons (Fsp3) is 0.400. The Hall–Kier alpha value is -1.43. The summed E-state index contributed by atoms with van der Waals surface area (Å²) < 4.78 is 47.6. The van der Waals surface area contributed by atoms with Crippen LogP contribution in [0.5, 0.6) is 11.5 Å². The average molecular weight is 234 g/mol. The lowest BCUT2D eigenvalue weighted by Gasteiger charge is -2.26. The van der Waals surface area contributed by atoms with Crippen LogP contribution in [0, 0.1) is 0 Å². The van der Waals surface area contributed by atoms with Gasteiger partial charge in [0.15, 0.2) is 17.1 Å². The van der Waals surface area contributed by atoms with Crippen LogP contribution < -0.4 is 9.47 Å². The van der Waals surface area contributed by atoms with Gasteiger partial charge in [-0.1, -0.05) is 6.07 Å². The maximum atomic E-state index is 12.5. The molecule has 1 heterocycles. The van der Waals surface area contributed by atoms with Crippen LogP contribution in [0.3, 0.4) is 0 Å². The van der Waals surface area contributed by atoms with Crippen LogP contribution in [0.2, 0.25) is 0 Å². The molecule has 1 N–H and O–H groups in total. The lowest BCUT2D eigenvalue weighted by molar-refractivity contribution is -0.258. The van der Waals surface area contributed by atoms with Gasteiger partial charge in [-0.05, 0) is 24.6 Å². The Labute approximate surface area is 89.4 Å². The highest BCUT2D eigenvalue weighted by Gasteiger charge is 2.51. The van der Waals surface area contributed by atoms with Crippen LogP contribution >= 0.6 is 0 Å². The highest BCUT2D eigenvalue weighted by atomic mass is 19.4. The Morgan fingerprint density at radius 1 is 1.19 bits per heavy atom. The second-order valence-corrected chi connectivity index (χ2v) is 3.64. The molecule has 0 aliphatic carbocycles. The third-order valence-electron chi connectivity index (χ3n) is 2.49. The van der Waals surface area contributed by atoms with Gasteiger partial charge in [-0.3, -0.25) is 0 Å². The number of benzene rings is 1. The maximum absolute atomic E-state index is 12.5. The van der Waals surface area contributed by atoms with Crippen molar-refractivity contribution in [1.82, 2.24) is 0 Å². The van der Waals surface area contributed by atoms with Crippen molar-refractivity contribution in [2.75, 3.05) is 6.79 Å². The molecule has 0 aromatic heterocycles. The first-order valence-electron chi connectivity index (χ1n) is 4.51. The second-order valence-electron chi connectivity index (χ2n) is 3.64. The molecule has 0 saturated carbocycles. The minimum absolute atomic E-state index is 0.0209. The third-order valence-corrected chi connectivity index (χ3v) is 2.49. The summed E-state index contributed by atoms with van der Waals surface area (Å²) in [5, 5.41) is 9.43. The van der Waals surface area contributed by atoms with E-state index in [2.05, 4.69) is 0 Å². The first-order chi connectivity index (χ1) is 7.32. The summed E-state index contributed by atoms with van der Waals surface area (Å²) in [6, 6.07) is 3.65. The van der Waals surface area contributed by atoms with Gasteiger partial charge in [0.1, 0.15) is 0 Å². The molecule has 3 nitrogen and oxygen atoms in total. The number of ether oxygens (including phenoxy) is 2. The van der Waals surface area contributed by atoms with Gasteiger partial charge in [-0.2, -0.15) is 13.2 Å². The zero-order chi connectivity index (χ0) is 12.0. The summed E-state index contributed by atoms with van der Waals surface area (Å²) >= 11 is 0. The topological polar surface area (TPSA) is 38.7 Å². The normalized spacial score (nSPS) is 18.3. The fourth-order valence-electron chi connectivity index (χ4n) is 1.36. The number of halogens is 3. The van der Waals surface area contributed by atoms with E-state index < -0.39 is 11.8 Å². The molecule has 0 saturated heterocycles. The van der Waals surface area contributed by atoms with E-state index in [0.29, 0.717) is 12.7 Å². The summed E-state index contributed by atoms with van der Waals surface area (Å²) in [5.41, 5.74) is -3.17. The van der Waals surface area contributed by atoms with E-state index in [1.165, 1.54) is 12.1 Å². The molecule has 1 aliphatic rings. The summed E-state index contributed by atoms with van der Waals surface area (Å²) in [6.45, 7) is 0.678. The lowest BCUT2D eigenvalue weighted by atomic mass is 9.95. The molecule has 16 heavy (non-hydrogen) atoms. The van der Waals surface area contributed by atoms with Crippen LogP contribution in [-0.4, -0.2) is 18.1 Å². The molecular weight excluding hydrogens is 225 g/mol. The van der Waals surface area contributed by atoms with Crippen molar-refractivity contribution in [3.8, 4) is 11.5 Å². The van der Waals surface area contributed by atoms with Gasteiger partial charge in [-0.15, -0.1) is 0 Å². The molecule has 0 amide bonds. The number of alkyl halides is 3. The van der Waals surface area contributed by atoms with E-state index in [0.717, 1.165) is 6.07 Å². The van der Waals surface area contributed by atoms with Gasteiger partial charge < -0.3 is 14.6 Å². The zero-order valence-electron chi connectivity index (χ0n) is 8.34. The predicted octanol–water partition coefficient (Wildman–Crippen LogP) is 2.19. The summed E-state index contributed by atoms with van der Waals surface area (Å²) in [6.07, 6.45) is -4.74. The van der Waals surface area contributed by atoms with Crippen molar-refractivity contribution in [3.63, 3.8) is 0 Å². The van der Waals surface area contributed by atoms with Gasteiger partial charge in [0.2, 0.25) is 6.79 Å². The van der Waals surface area contributed by atoms with Crippen molar-refractivity contribution in [2.24, 2.45) is 0 Å². The molecule has 1 aliphatic heterocycles. The van der Waals surface area contributed by atoms with Crippen LogP contribution in [0.4, 0.5) is 13.2 Å². The largest absolute Gasteiger partial charge is 0.454 e. The van der Waals surface area contributed by atoms with E-state index in [-0.39, 0.29) is 18.1 Å². The van der Waals surface area contributed by atoms with Crippen molar-refractivity contribution in [2.45, 2.75) is 18.7 Å². The Balaban J connectivity index is 2.42. The summed E-state index contributed by atoms with van der Waals surface area (Å²) in [5.74, 6) is 0.587. The first-order valence-corrected chi connectivity index (χ1v) is 4.51. The van der Waals surface area contributed by atoms with Crippen molar-refractivity contribution < 1.29 is 27.8 Å². The van der Waals surface area contributed by atoms with E-state index >= 15 is 0 Å². The lowest BCUT2D eigenvalue weighted by Crippen LogP contribution is -2.39. The van der Waals surface area contributed by atoms with Crippen molar-refractivity contribution >= 4 is 0 Å². The van der Waals surface area contributed by atoms with Gasteiger partial charge in [0.05, 0.1) is 0 Å². The predicted molar refractivity (Wildman–Crippen MR) is 48.2 cm³/mol. The molecule has 0 spiro atoms. The molecule has 1 unspecified atom stereocenters. The third kappa shape index (κ3) is 1.59. The number of hydrogen-bond donors (Lipinski definition) is 1. The molecular formula is C10H9F3O3. The number of hydrogen-bond acceptors (Lipinski definition) is 3. The Morgan fingerprint density at radius 3 is 2.44 bits per heavy atom. The SMILES string of the molecule is CC(O)(c1ccc2c(c1)OCO2)C(F)(F)F. The molecule has 0 radical (unpaired) electrons. The molecule has 1 aromatic rings. The van der Waals surface area contributed by atoms with E-state index in [1.807, 2.05) is 0 Å². The molecule has 1 atom stereocenters. The molecule has 1 aromatic carbocycles. The average Bonchev–Trinajstić information content (AvgIpc) is 2.61. The smallest absolute Gasteiger partial charge is 0.421 e. The van der Waals surface area contributed by atoms with E-state index in [9.17, 15) is 18.3 Å². The quantitative estimate of drug-likeness (QED) is 0.809. The molecule has 2 rings (SSSR count). The highest BCUT2D eigenvalue weighted by Crippen LogP contribution is 2.42. The summed E-state index contributed by atoms with van der Waals surface area (Å²) in [4.78, 5) is 0. The Bertz CT molecular complexity index is 412. The Morgan fingerprint density at radius 2 is 1.81 bits per heavy atom. The molecule has 0 bridgehead atoms. The van der Waals surface area contributed by atoms with Gasteiger partial charge in [0.25, 0.3) is 0 Å². The number of aliphatic hydroxyl groups is 1. The number of fused-ring (bicyclic) bond motifs is 1. The van der Waals surface area contributed by atoms with Crippen LogP contribution in [-0.2, 0) is 5.60 Å². The standard InChI is InChI=1S/C10H9F3O3/c1-9(14,10(11,12)13)6-2-3-7-8(4-6)16-5-15-7/h2-4,14H,5H2,1H3. The first kappa shape index (κ1) is 11.1. The molecule has 0 fully saturated rings. The minimum atomic E-state index is -4.74. The van der Waals surface area contributed by atoms with Crippen LogP contribution in [0.25, 0.3) is 0 Å². The van der Waals surface area contributed by atoms with Crippen LogP contribution in [0.1, 0.15) is 12.5 Å². The number of rotatable bonds is 1. The highest BCUT2D eigenvalue weighted by molar-refractivity contribution is 5.46. The van der Waals surface area contributed by atoms with Gasteiger partial charge in [-0.25, -0.2) is 0 Å². The Kier molecular flexibility index (Phi) is 2.27. The maximum Gasteiger partial charge on any atom is 0.421 e. The van der Waals surface area contributed by atoms with E-state index in [4.69, 9.17) is 9.47 Å². The van der Waals surface area contributed by atoms with Crippen LogP contribution in [0.15, 0.2) is 18.2 Å². The zero-order valence-corrected chi connectivity index (χ0v) is 8.34. The monoisotopic (exact) mass is 234 g/mol. The van der Waals surface area contributed by atoms with Gasteiger partial charge in [0, 0.05) is 0 Å². The van der Waals surface area contributed by atoms with Crippen molar-refractivity contribution in [1.29, 1.82) is 0 Å². The fourth-order valence-corrected chi connectivity index (χ4v) is 1.36. The second kappa shape index (κ2) is 3.28. The molecule has 88 valence electrons. The summed E-state index contributed by atoms with van der Waals surface area (Å²) in [7, 11) is 0. The van der Waals surface area contributed by atoms with Gasteiger partial charge >= 0.3 is 6.18 Å².